The second kappa shape index (κ2) is 7.38. The second-order valence-electron chi connectivity index (χ2n) is 5.45. The van der Waals surface area contributed by atoms with Crippen LogP contribution in [0.1, 0.15) is 19.4 Å². The lowest BCUT2D eigenvalue weighted by Gasteiger charge is -2.34. The average molecular weight is 291 g/mol. The molecule has 0 aromatic carbocycles. The molecular formula is C15H25N5O. The zero-order valence-corrected chi connectivity index (χ0v) is 12.9. The molecule has 0 bridgehead atoms. The van der Waals surface area contributed by atoms with Crippen LogP contribution in [0.5, 0.6) is 0 Å². The molecule has 116 valence electrons. The van der Waals surface area contributed by atoms with Crippen LogP contribution in [0.4, 0.5) is 5.82 Å². The topological polar surface area (TPSA) is 74.5 Å². The SMILES string of the molecule is CCN1CCN(c2ccc(CNC(=O)C(C)N)cn2)CC1. The number of rotatable bonds is 5. The number of nitrogens with two attached hydrogens (primary N) is 1. The highest BCUT2D eigenvalue weighted by atomic mass is 16.2. The van der Waals surface area contributed by atoms with Gasteiger partial charge in [-0.25, -0.2) is 4.98 Å². The fourth-order valence-corrected chi connectivity index (χ4v) is 2.35. The summed E-state index contributed by atoms with van der Waals surface area (Å²) in [6, 6.07) is 3.55. The lowest BCUT2D eigenvalue weighted by atomic mass is 10.2. The first kappa shape index (κ1) is 15.7. The van der Waals surface area contributed by atoms with E-state index in [2.05, 4.69) is 27.0 Å². The van der Waals surface area contributed by atoms with Crippen molar-refractivity contribution in [1.82, 2.24) is 15.2 Å². The zero-order valence-electron chi connectivity index (χ0n) is 12.9. The summed E-state index contributed by atoms with van der Waals surface area (Å²) < 4.78 is 0. The van der Waals surface area contributed by atoms with Crippen molar-refractivity contribution in [2.45, 2.75) is 26.4 Å². The van der Waals surface area contributed by atoms with Crippen LogP contribution in [-0.4, -0.2) is 54.6 Å². The first-order valence-electron chi connectivity index (χ1n) is 7.55. The molecule has 1 amide bonds. The Kier molecular flexibility index (Phi) is 5.52. The predicted molar refractivity (Wildman–Crippen MR) is 84.1 cm³/mol. The molecule has 2 heterocycles. The van der Waals surface area contributed by atoms with Crippen molar-refractivity contribution in [2.24, 2.45) is 5.73 Å². The Bertz CT molecular complexity index is 452. The third-order valence-electron chi connectivity index (χ3n) is 3.83. The maximum atomic E-state index is 11.4. The van der Waals surface area contributed by atoms with E-state index in [4.69, 9.17) is 5.73 Å². The molecule has 1 aliphatic heterocycles. The smallest absolute Gasteiger partial charge is 0.236 e. The van der Waals surface area contributed by atoms with Gasteiger partial charge >= 0.3 is 0 Å². The molecule has 0 radical (unpaired) electrons. The summed E-state index contributed by atoms with van der Waals surface area (Å²) in [7, 11) is 0. The van der Waals surface area contributed by atoms with Crippen molar-refractivity contribution in [3.8, 4) is 0 Å². The van der Waals surface area contributed by atoms with Crippen LogP contribution >= 0.6 is 0 Å². The van der Waals surface area contributed by atoms with Crippen LogP contribution in [0.25, 0.3) is 0 Å². The maximum absolute atomic E-state index is 11.4. The zero-order chi connectivity index (χ0) is 15.2. The van der Waals surface area contributed by atoms with Crippen LogP contribution in [0, 0.1) is 0 Å². The summed E-state index contributed by atoms with van der Waals surface area (Å²) in [6.07, 6.45) is 1.82. The van der Waals surface area contributed by atoms with Gasteiger partial charge in [0.2, 0.25) is 5.91 Å². The number of aromatic nitrogens is 1. The van der Waals surface area contributed by atoms with Gasteiger partial charge in [-0.05, 0) is 25.1 Å². The molecule has 0 aliphatic carbocycles. The molecule has 0 saturated carbocycles. The third-order valence-corrected chi connectivity index (χ3v) is 3.83. The monoisotopic (exact) mass is 291 g/mol. The minimum absolute atomic E-state index is 0.144. The Balaban J connectivity index is 1.86. The van der Waals surface area contributed by atoms with E-state index in [0.717, 1.165) is 44.1 Å². The first-order valence-corrected chi connectivity index (χ1v) is 7.55. The van der Waals surface area contributed by atoms with E-state index in [1.165, 1.54) is 0 Å². The van der Waals surface area contributed by atoms with Crippen LogP contribution in [-0.2, 0) is 11.3 Å². The number of nitrogens with one attached hydrogen (secondary N) is 1. The predicted octanol–water partition coefficient (Wildman–Crippen LogP) is 0.187. The van der Waals surface area contributed by atoms with Gasteiger partial charge in [0.05, 0.1) is 6.04 Å². The Morgan fingerprint density at radius 3 is 2.62 bits per heavy atom. The molecule has 0 spiro atoms. The fourth-order valence-electron chi connectivity index (χ4n) is 2.35. The van der Waals surface area contributed by atoms with Crippen molar-refractivity contribution in [2.75, 3.05) is 37.6 Å². The average Bonchev–Trinajstić information content (AvgIpc) is 2.53. The quantitative estimate of drug-likeness (QED) is 0.810. The van der Waals surface area contributed by atoms with Gasteiger partial charge in [-0.2, -0.15) is 0 Å². The Labute approximate surface area is 126 Å². The van der Waals surface area contributed by atoms with Gasteiger partial charge in [0.25, 0.3) is 0 Å². The van der Waals surface area contributed by atoms with Crippen molar-refractivity contribution in [3.63, 3.8) is 0 Å². The van der Waals surface area contributed by atoms with E-state index in [0.29, 0.717) is 6.54 Å². The number of hydrogen-bond acceptors (Lipinski definition) is 5. The molecule has 1 aromatic heterocycles. The third kappa shape index (κ3) is 4.41. The number of nitrogens with zero attached hydrogens (tertiary/aromatic N) is 3. The second-order valence-corrected chi connectivity index (χ2v) is 5.45. The number of anilines is 1. The van der Waals surface area contributed by atoms with Gasteiger partial charge < -0.3 is 20.9 Å². The van der Waals surface area contributed by atoms with Crippen LogP contribution in [0.2, 0.25) is 0 Å². The van der Waals surface area contributed by atoms with Crippen molar-refractivity contribution >= 4 is 11.7 Å². The maximum Gasteiger partial charge on any atom is 0.236 e. The molecule has 1 unspecified atom stereocenters. The number of carbonyl (C=O) groups excluding carboxylic acids is 1. The van der Waals surface area contributed by atoms with Crippen LogP contribution in [0.3, 0.4) is 0 Å². The summed E-state index contributed by atoms with van der Waals surface area (Å²) in [5.74, 6) is 0.864. The van der Waals surface area contributed by atoms with Gasteiger partial charge in [0.15, 0.2) is 0 Å². The Hall–Kier alpha value is -1.66. The number of hydrogen-bond donors (Lipinski definition) is 2. The minimum Gasteiger partial charge on any atom is -0.354 e. The molecule has 1 atom stereocenters. The van der Waals surface area contributed by atoms with Crippen LogP contribution in [0.15, 0.2) is 18.3 Å². The number of likely N-dealkylation sites (N-methyl/N-ethyl adjacent to an activating group) is 1. The highest BCUT2D eigenvalue weighted by Gasteiger charge is 2.16. The normalized spacial score (nSPS) is 17.6. The minimum atomic E-state index is -0.480. The molecule has 1 aliphatic rings. The molecule has 21 heavy (non-hydrogen) atoms. The van der Waals surface area contributed by atoms with E-state index < -0.39 is 6.04 Å². The van der Waals surface area contributed by atoms with E-state index in [-0.39, 0.29) is 5.91 Å². The highest BCUT2D eigenvalue weighted by molar-refractivity contribution is 5.80. The molecule has 2 rings (SSSR count). The van der Waals surface area contributed by atoms with Crippen molar-refractivity contribution < 1.29 is 4.79 Å². The molecule has 6 nitrogen and oxygen atoms in total. The largest absolute Gasteiger partial charge is 0.354 e. The first-order chi connectivity index (χ1) is 10.1. The number of piperazine rings is 1. The summed E-state index contributed by atoms with van der Waals surface area (Å²) in [5, 5.41) is 2.79. The lowest BCUT2D eigenvalue weighted by molar-refractivity contribution is -0.122. The van der Waals surface area contributed by atoms with E-state index in [1.54, 1.807) is 6.92 Å². The van der Waals surface area contributed by atoms with Gasteiger partial charge in [0, 0.05) is 38.9 Å². The molecule has 1 saturated heterocycles. The van der Waals surface area contributed by atoms with Gasteiger partial charge in [-0.1, -0.05) is 13.0 Å². The number of carbonyl (C=O) groups is 1. The molecule has 1 aromatic rings. The van der Waals surface area contributed by atoms with Gasteiger partial charge in [0.1, 0.15) is 5.82 Å². The Morgan fingerprint density at radius 2 is 2.10 bits per heavy atom. The summed E-state index contributed by atoms with van der Waals surface area (Å²) in [6.45, 7) is 9.65. The summed E-state index contributed by atoms with van der Waals surface area (Å²) >= 11 is 0. The molecular weight excluding hydrogens is 266 g/mol. The summed E-state index contributed by atoms with van der Waals surface area (Å²) in [4.78, 5) is 20.7. The van der Waals surface area contributed by atoms with Gasteiger partial charge in [-0.3, -0.25) is 4.79 Å². The van der Waals surface area contributed by atoms with E-state index >= 15 is 0 Å². The Morgan fingerprint density at radius 1 is 1.38 bits per heavy atom. The molecule has 3 N–H and O–H groups in total. The van der Waals surface area contributed by atoms with Gasteiger partial charge in [-0.15, -0.1) is 0 Å². The number of pyridine rings is 1. The van der Waals surface area contributed by atoms with E-state index in [9.17, 15) is 4.79 Å². The lowest BCUT2D eigenvalue weighted by Crippen LogP contribution is -2.46. The fraction of sp³-hybridized carbons (Fsp3) is 0.600. The number of amides is 1. The molecule has 6 heteroatoms. The summed E-state index contributed by atoms with van der Waals surface area (Å²) in [5.41, 5.74) is 6.49. The van der Waals surface area contributed by atoms with Crippen molar-refractivity contribution in [1.29, 1.82) is 0 Å². The molecule has 1 fully saturated rings. The van der Waals surface area contributed by atoms with Crippen molar-refractivity contribution in [3.05, 3.63) is 23.9 Å². The standard InChI is InChI=1S/C15H25N5O/c1-3-19-6-8-20(9-7-19)14-5-4-13(10-17-14)11-18-15(21)12(2)16/h4-5,10,12H,3,6-9,11,16H2,1-2H3,(H,18,21). The van der Waals surface area contributed by atoms with Crippen LogP contribution < -0.4 is 16.0 Å². The van der Waals surface area contributed by atoms with E-state index in [1.807, 2.05) is 18.3 Å². The highest BCUT2D eigenvalue weighted by Crippen LogP contribution is 2.13.